The first-order chi connectivity index (χ1) is 6.63. The molecule has 0 bridgehead atoms. The van der Waals surface area contributed by atoms with Crippen molar-refractivity contribution < 1.29 is 14.7 Å². The maximum absolute atomic E-state index is 11.6. The third-order valence-corrected chi connectivity index (χ3v) is 1.76. The lowest BCUT2D eigenvalue weighted by atomic mass is 10.1. The molecular weight excluding hydrogens is 196 g/mol. The summed E-state index contributed by atoms with van der Waals surface area (Å²) in [7, 11) is 0. The molecule has 3 N–H and O–H groups in total. The Labute approximate surface area is 90.2 Å². The SMILES string of the molecule is CC(NC(C)C(=O)NC(C)(C)C)C(=O)O. The second-order valence-corrected chi connectivity index (χ2v) is 4.69. The fourth-order valence-corrected chi connectivity index (χ4v) is 1.000. The molecule has 1 amide bonds. The Morgan fingerprint density at radius 2 is 1.60 bits per heavy atom. The van der Waals surface area contributed by atoms with Crippen LogP contribution >= 0.6 is 0 Å². The van der Waals surface area contributed by atoms with Gasteiger partial charge in [0, 0.05) is 5.54 Å². The minimum absolute atomic E-state index is 0.199. The van der Waals surface area contributed by atoms with E-state index >= 15 is 0 Å². The van der Waals surface area contributed by atoms with Gasteiger partial charge in [-0.1, -0.05) is 0 Å². The van der Waals surface area contributed by atoms with E-state index in [0.717, 1.165) is 0 Å². The molecule has 5 nitrogen and oxygen atoms in total. The Morgan fingerprint density at radius 1 is 1.13 bits per heavy atom. The number of rotatable bonds is 4. The van der Waals surface area contributed by atoms with Crippen LogP contribution in [0.5, 0.6) is 0 Å². The molecule has 0 saturated carbocycles. The van der Waals surface area contributed by atoms with Gasteiger partial charge in [-0.05, 0) is 34.6 Å². The van der Waals surface area contributed by atoms with E-state index in [4.69, 9.17) is 5.11 Å². The van der Waals surface area contributed by atoms with Crippen LogP contribution in [0.4, 0.5) is 0 Å². The topological polar surface area (TPSA) is 78.4 Å². The summed E-state index contributed by atoms with van der Waals surface area (Å²) >= 11 is 0. The van der Waals surface area contributed by atoms with Gasteiger partial charge in [0.1, 0.15) is 6.04 Å². The second-order valence-electron chi connectivity index (χ2n) is 4.69. The normalized spacial score (nSPS) is 15.5. The largest absolute Gasteiger partial charge is 0.480 e. The zero-order chi connectivity index (χ0) is 12.2. The van der Waals surface area contributed by atoms with Crippen LogP contribution in [0.2, 0.25) is 0 Å². The number of hydrogen-bond acceptors (Lipinski definition) is 3. The lowest BCUT2D eigenvalue weighted by molar-refractivity contribution is -0.139. The van der Waals surface area contributed by atoms with Crippen molar-refractivity contribution in [3.05, 3.63) is 0 Å². The van der Waals surface area contributed by atoms with E-state index in [-0.39, 0.29) is 11.4 Å². The fraction of sp³-hybridized carbons (Fsp3) is 0.800. The van der Waals surface area contributed by atoms with E-state index in [9.17, 15) is 9.59 Å². The van der Waals surface area contributed by atoms with Gasteiger partial charge in [-0.15, -0.1) is 0 Å². The molecule has 88 valence electrons. The Hall–Kier alpha value is -1.10. The molecule has 0 fully saturated rings. The number of carboxylic acids is 1. The number of carbonyl (C=O) groups is 2. The van der Waals surface area contributed by atoms with E-state index in [1.807, 2.05) is 20.8 Å². The lowest BCUT2D eigenvalue weighted by Gasteiger charge is -2.24. The minimum Gasteiger partial charge on any atom is -0.480 e. The van der Waals surface area contributed by atoms with Gasteiger partial charge in [0.25, 0.3) is 0 Å². The van der Waals surface area contributed by atoms with Crippen molar-refractivity contribution in [3.8, 4) is 0 Å². The summed E-state index contributed by atoms with van der Waals surface area (Å²) in [5, 5.41) is 14.1. The number of carboxylic acid groups (broad SMARTS) is 1. The molecule has 15 heavy (non-hydrogen) atoms. The van der Waals surface area contributed by atoms with Gasteiger partial charge in [0.2, 0.25) is 5.91 Å². The van der Waals surface area contributed by atoms with E-state index in [1.54, 1.807) is 6.92 Å². The number of aliphatic carboxylic acids is 1. The van der Waals surface area contributed by atoms with Crippen LogP contribution < -0.4 is 10.6 Å². The zero-order valence-corrected chi connectivity index (χ0v) is 9.92. The van der Waals surface area contributed by atoms with Gasteiger partial charge < -0.3 is 10.4 Å². The number of carbonyl (C=O) groups excluding carboxylic acids is 1. The molecule has 2 atom stereocenters. The Morgan fingerprint density at radius 3 is 1.93 bits per heavy atom. The highest BCUT2D eigenvalue weighted by molar-refractivity contribution is 5.83. The summed E-state index contributed by atoms with van der Waals surface area (Å²) < 4.78 is 0. The maximum atomic E-state index is 11.6. The van der Waals surface area contributed by atoms with Crippen LogP contribution in [0.15, 0.2) is 0 Å². The Bertz CT molecular complexity index is 246. The summed E-state index contributed by atoms with van der Waals surface area (Å²) in [5.74, 6) is -1.17. The van der Waals surface area contributed by atoms with Gasteiger partial charge in [0.05, 0.1) is 6.04 Å². The summed E-state index contributed by atoms with van der Waals surface area (Å²) in [6, 6.07) is -1.25. The molecule has 0 aromatic carbocycles. The summed E-state index contributed by atoms with van der Waals surface area (Å²) in [5.41, 5.74) is -0.306. The number of amides is 1. The highest BCUT2D eigenvalue weighted by Crippen LogP contribution is 1.99. The second kappa shape index (κ2) is 5.11. The lowest BCUT2D eigenvalue weighted by Crippen LogP contribution is -2.52. The molecule has 0 spiro atoms. The van der Waals surface area contributed by atoms with E-state index in [2.05, 4.69) is 10.6 Å². The van der Waals surface area contributed by atoms with Crippen molar-refractivity contribution in [2.24, 2.45) is 0 Å². The molecule has 0 radical (unpaired) electrons. The molecule has 2 unspecified atom stereocenters. The quantitative estimate of drug-likeness (QED) is 0.633. The van der Waals surface area contributed by atoms with E-state index < -0.39 is 18.1 Å². The van der Waals surface area contributed by atoms with Gasteiger partial charge in [-0.3, -0.25) is 14.9 Å². The van der Waals surface area contributed by atoms with Crippen molar-refractivity contribution in [1.82, 2.24) is 10.6 Å². The van der Waals surface area contributed by atoms with Crippen molar-refractivity contribution in [3.63, 3.8) is 0 Å². The van der Waals surface area contributed by atoms with E-state index in [1.165, 1.54) is 6.92 Å². The third-order valence-electron chi connectivity index (χ3n) is 1.76. The van der Waals surface area contributed by atoms with Crippen molar-refractivity contribution in [2.45, 2.75) is 52.2 Å². The smallest absolute Gasteiger partial charge is 0.320 e. The Kier molecular flexibility index (Phi) is 4.74. The summed E-state index contributed by atoms with van der Waals surface area (Å²) in [6.07, 6.45) is 0. The predicted octanol–water partition coefficient (Wildman–Crippen LogP) is 0.352. The first-order valence-electron chi connectivity index (χ1n) is 4.94. The van der Waals surface area contributed by atoms with Crippen LogP contribution in [0.3, 0.4) is 0 Å². The predicted molar refractivity (Wildman–Crippen MR) is 57.6 cm³/mol. The molecule has 0 rings (SSSR count). The Balaban J connectivity index is 4.17. The van der Waals surface area contributed by atoms with Gasteiger partial charge >= 0.3 is 5.97 Å². The van der Waals surface area contributed by atoms with Gasteiger partial charge in [-0.25, -0.2) is 0 Å². The highest BCUT2D eigenvalue weighted by Gasteiger charge is 2.22. The monoisotopic (exact) mass is 216 g/mol. The van der Waals surface area contributed by atoms with Crippen molar-refractivity contribution in [1.29, 1.82) is 0 Å². The highest BCUT2D eigenvalue weighted by atomic mass is 16.4. The van der Waals surface area contributed by atoms with Crippen LogP contribution in [0.25, 0.3) is 0 Å². The van der Waals surface area contributed by atoms with Crippen LogP contribution in [0.1, 0.15) is 34.6 Å². The molecule has 0 aliphatic carbocycles. The molecule has 5 heteroatoms. The minimum atomic E-state index is -0.967. The standard InChI is InChI=1S/C10H20N2O3/c1-6(11-7(2)9(14)15)8(13)12-10(3,4)5/h6-7,11H,1-5H3,(H,12,13)(H,14,15). The molecule has 0 aliphatic rings. The maximum Gasteiger partial charge on any atom is 0.320 e. The molecule has 0 aromatic heterocycles. The average Bonchev–Trinajstić information content (AvgIpc) is 2.00. The average molecular weight is 216 g/mol. The summed E-state index contributed by atoms with van der Waals surface area (Å²) in [6.45, 7) is 8.76. The van der Waals surface area contributed by atoms with Crippen LogP contribution in [-0.2, 0) is 9.59 Å². The van der Waals surface area contributed by atoms with Crippen molar-refractivity contribution >= 4 is 11.9 Å². The first-order valence-corrected chi connectivity index (χ1v) is 4.94. The van der Waals surface area contributed by atoms with Crippen molar-refractivity contribution in [2.75, 3.05) is 0 Å². The van der Waals surface area contributed by atoms with Gasteiger partial charge in [-0.2, -0.15) is 0 Å². The summed E-state index contributed by atoms with van der Waals surface area (Å²) in [4.78, 5) is 22.1. The van der Waals surface area contributed by atoms with E-state index in [0.29, 0.717) is 0 Å². The molecular formula is C10H20N2O3. The van der Waals surface area contributed by atoms with Gasteiger partial charge in [0.15, 0.2) is 0 Å². The number of hydrogen-bond donors (Lipinski definition) is 3. The molecule has 0 saturated heterocycles. The van der Waals surface area contributed by atoms with Crippen LogP contribution in [-0.4, -0.2) is 34.6 Å². The molecule has 0 heterocycles. The zero-order valence-electron chi connectivity index (χ0n) is 9.92. The number of nitrogens with one attached hydrogen (secondary N) is 2. The molecule has 0 aliphatic heterocycles. The first kappa shape index (κ1) is 13.9. The molecule has 0 aromatic rings. The fourth-order valence-electron chi connectivity index (χ4n) is 1.000. The third kappa shape index (κ3) is 6.06. The van der Waals surface area contributed by atoms with Crippen LogP contribution in [0, 0.1) is 0 Å².